The van der Waals surface area contributed by atoms with Crippen LogP contribution in [-0.4, -0.2) is 73.9 Å². The Kier molecular flexibility index (Phi) is 4.42. The number of piperidine rings is 1. The van der Waals surface area contributed by atoms with Crippen LogP contribution in [0.15, 0.2) is 0 Å². The van der Waals surface area contributed by atoms with E-state index in [0.717, 1.165) is 50.9 Å². The highest BCUT2D eigenvalue weighted by molar-refractivity contribution is 4.95. The molecule has 3 heterocycles. The maximum absolute atomic E-state index is 5.94. The van der Waals surface area contributed by atoms with Gasteiger partial charge in [-0.3, -0.25) is 4.90 Å². The van der Waals surface area contributed by atoms with E-state index in [0.29, 0.717) is 6.10 Å². The number of rotatable bonds is 4. The van der Waals surface area contributed by atoms with Crippen LogP contribution in [0, 0.1) is 0 Å². The second-order valence-corrected chi connectivity index (χ2v) is 6.59. The molecule has 2 bridgehead atoms. The number of ether oxygens (including phenoxy) is 1. The van der Waals surface area contributed by atoms with Crippen LogP contribution in [-0.2, 0) is 4.74 Å². The molecular formula is C15H29N3O. The largest absolute Gasteiger partial charge is 0.374 e. The van der Waals surface area contributed by atoms with Gasteiger partial charge in [0.05, 0.1) is 12.7 Å². The van der Waals surface area contributed by atoms with Crippen molar-refractivity contribution in [3.8, 4) is 0 Å². The minimum Gasteiger partial charge on any atom is -0.374 e. The van der Waals surface area contributed by atoms with Gasteiger partial charge >= 0.3 is 0 Å². The number of nitrogens with one attached hydrogen (secondary N) is 1. The van der Waals surface area contributed by atoms with E-state index in [2.05, 4.69) is 29.1 Å². The third-order valence-corrected chi connectivity index (χ3v) is 5.23. The summed E-state index contributed by atoms with van der Waals surface area (Å²) in [5.41, 5.74) is 0. The molecule has 0 aromatic heterocycles. The SMILES string of the molecule is CCN1CCOC(CN(C)C2CC3CCC(C2)N3)C1. The summed E-state index contributed by atoms with van der Waals surface area (Å²) < 4.78 is 5.94. The second-order valence-electron chi connectivity index (χ2n) is 6.59. The van der Waals surface area contributed by atoms with Gasteiger partial charge in [-0.05, 0) is 39.3 Å². The predicted molar refractivity (Wildman–Crippen MR) is 77.5 cm³/mol. The molecule has 3 unspecified atom stereocenters. The fourth-order valence-electron chi connectivity index (χ4n) is 4.04. The van der Waals surface area contributed by atoms with Crippen molar-refractivity contribution in [1.29, 1.82) is 0 Å². The van der Waals surface area contributed by atoms with Gasteiger partial charge in [-0.25, -0.2) is 0 Å². The van der Waals surface area contributed by atoms with Gasteiger partial charge in [0.2, 0.25) is 0 Å². The summed E-state index contributed by atoms with van der Waals surface area (Å²) in [5, 5.41) is 3.73. The van der Waals surface area contributed by atoms with E-state index in [-0.39, 0.29) is 0 Å². The average molecular weight is 267 g/mol. The molecule has 3 aliphatic heterocycles. The Morgan fingerprint density at radius 1 is 1.26 bits per heavy atom. The maximum atomic E-state index is 5.94. The lowest BCUT2D eigenvalue weighted by Crippen LogP contribution is -2.52. The zero-order valence-corrected chi connectivity index (χ0v) is 12.5. The van der Waals surface area contributed by atoms with E-state index in [1.165, 1.54) is 25.7 Å². The molecular weight excluding hydrogens is 238 g/mol. The fraction of sp³-hybridized carbons (Fsp3) is 1.00. The summed E-state index contributed by atoms with van der Waals surface area (Å²) in [7, 11) is 2.30. The first-order valence-corrected chi connectivity index (χ1v) is 8.05. The van der Waals surface area contributed by atoms with Crippen molar-refractivity contribution in [2.24, 2.45) is 0 Å². The van der Waals surface area contributed by atoms with Gasteiger partial charge in [-0.15, -0.1) is 0 Å². The number of fused-ring (bicyclic) bond motifs is 2. The Bertz CT molecular complexity index is 287. The van der Waals surface area contributed by atoms with Gasteiger partial charge in [0, 0.05) is 37.8 Å². The number of nitrogens with zero attached hydrogens (tertiary/aromatic N) is 2. The predicted octanol–water partition coefficient (Wildman–Crippen LogP) is 0.922. The summed E-state index contributed by atoms with van der Waals surface area (Å²) in [6.45, 7) is 7.62. The number of likely N-dealkylation sites (N-methyl/N-ethyl adjacent to an activating group) is 2. The zero-order chi connectivity index (χ0) is 13.2. The molecule has 4 nitrogen and oxygen atoms in total. The summed E-state index contributed by atoms with van der Waals surface area (Å²) >= 11 is 0. The van der Waals surface area contributed by atoms with Crippen LogP contribution in [0.5, 0.6) is 0 Å². The minimum absolute atomic E-state index is 0.409. The van der Waals surface area contributed by atoms with Crippen molar-refractivity contribution in [3.05, 3.63) is 0 Å². The first-order valence-electron chi connectivity index (χ1n) is 8.05. The number of hydrogen-bond acceptors (Lipinski definition) is 4. The first-order chi connectivity index (χ1) is 9.24. The van der Waals surface area contributed by atoms with Crippen LogP contribution < -0.4 is 5.32 Å². The lowest BCUT2D eigenvalue weighted by molar-refractivity contribution is -0.0456. The lowest BCUT2D eigenvalue weighted by Gasteiger charge is -2.39. The molecule has 3 aliphatic rings. The molecule has 0 aliphatic carbocycles. The van der Waals surface area contributed by atoms with Crippen molar-refractivity contribution in [2.45, 2.75) is 56.8 Å². The van der Waals surface area contributed by atoms with E-state index in [1.54, 1.807) is 0 Å². The smallest absolute Gasteiger partial charge is 0.0829 e. The van der Waals surface area contributed by atoms with Crippen LogP contribution in [0.25, 0.3) is 0 Å². The van der Waals surface area contributed by atoms with Gasteiger partial charge in [0.25, 0.3) is 0 Å². The molecule has 0 saturated carbocycles. The molecule has 1 N–H and O–H groups in total. The summed E-state index contributed by atoms with van der Waals surface area (Å²) in [6, 6.07) is 2.33. The third-order valence-electron chi connectivity index (χ3n) is 5.23. The normalized spacial score (nSPS) is 39.9. The second kappa shape index (κ2) is 6.08. The molecule has 0 radical (unpaired) electrons. The monoisotopic (exact) mass is 267 g/mol. The minimum atomic E-state index is 0.409. The molecule has 110 valence electrons. The zero-order valence-electron chi connectivity index (χ0n) is 12.5. The van der Waals surface area contributed by atoms with Gasteiger partial charge in [-0.2, -0.15) is 0 Å². The van der Waals surface area contributed by atoms with E-state index in [9.17, 15) is 0 Å². The Labute approximate surface area is 117 Å². The third kappa shape index (κ3) is 3.30. The number of morpholine rings is 1. The summed E-state index contributed by atoms with van der Waals surface area (Å²) in [6.07, 6.45) is 5.84. The van der Waals surface area contributed by atoms with Crippen molar-refractivity contribution in [1.82, 2.24) is 15.1 Å². The summed E-state index contributed by atoms with van der Waals surface area (Å²) in [4.78, 5) is 5.07. The number of hydrogen-bond donors (Lipinski definition) is 1. The highest BCUT2D eigenvalue weighted by Crippen LogP contribution is 2.29. The molecule has 0 aromatic rings. The van der Waals surface area contributed by atoms with Crippen LogP contribution in [0.3, 0.4) is 0 Å². The van der Waals surface area contributed by atoms with Gasteiger partial charge in [0.1, 0.15) is 0 Å². The van der Waals surface area contributed by atoms with Crippen LogP contribution in [0.2, 0.25) is 0 Å². The van der Waals surface area contributed by atoms with Gasteiger partial charge < -0.3 is 15.0 Å². The molecule has 3 atom stereocenters. The molecule has 3 saturated heterocycles. The van der Waals surface area contributed by atoms with Crippen LogP contribution >= 0.6 is 0 Å². The summed E-state index contributed by atoms with van der Waals surface area (Å²) in [5.74, 6) is 0. The van der Waals surface area contributed by atoms with Gasteiger partial charge in [-0.1, -0.05) is 6.92 Å². The van der Waals surface area contributed by atoms with E-state index < -0.39 is 0 Å². The average Bonchev–Trinajstić information content (AvgIpc) is 2.77. The standard InChI is InChI=1S/C15H29N3O/c1-3-18-6-7-19-15(11-18)10-17(2)14-8-12-4-5-13(9-14)16-12/h12-16H,3-11H2,1-2H3. The van der Waals surface area contributed by atoms with Gasteiger partial charge in [0.15, 0.2) is 0 Å². The Hall–Kier alpha value is -0.160. The van der Waals surface area contributed by atoms with Crippen LogP contribution in [0.1, 0.15) is 32.6 Å². The Balaban J connectivity index is 1.49. The molecule has 4 heteroatoms. The topological polar surface area (TPSA) is 27.7 Å². The Morgan fingerprint density at radius 2 is 2.00 bits per heavy atom. The van der Waals surface area contributed by atoms with E-state index in [4.69, 9.17) is 4.74 Å². The fourth-order valence-corrected chi connectivity index (χ4v) is 4.04. The molecule has 3 fully saturated rings. The van der Waals surface area contributed by atoms with Crippen molar-refractivity contribution in [3.63, 3.8) is 0 Å². The highest BCUT2D eigenvalue weighted by Gasteiger charge is 2.35. The Morgan fingerprint density at radius 3 is 2.68 bits per heavy atom. The maximum Gasteiger partial charge on any atom is 0.0829 e. The first kappa shape index (κ1) is 13.8. The molecule has 0 amide bonds. The van der Waals surface area contributed by atoms with Crippen molar-refractivity contribution >= 4 is 0 Å². The molecule has 3 rings (SSSR count). The molecule has 0 spiro atoms. The quantitative estimate of drug-likeness (QED) is 0.820. The van der Waals surface area contributed by atoms with Crippen molar-refractivity contribution < 1.29 is 4.74 Å². The molecule has 0 aromatic carbocycles. The van der Waals surface area contributed by atoms with E-state index >= 15 is 0 Å². The lowest BCUT2D eigenvalue weighted by atomic mass is 9.98. The van der Waals surface area contributed by atoms with Crippen LogP contribution in [0.4, 0.5) is 0 Å². The molecule has 19 heavy (non-hydrogen) atoms. The van der Waals surface area contributed by atoms with Crippen molar-refractivity contribution in [2.75, 3.05) is 39.8 Å². The highest BCUT2D eigenvalue weighted by atomic mass is 16.5. The van der Waals surface area contributed by atoms with E-state index in [1.807, 2.05) is 0 Å².